The van der Waals surface area contributed by atoms with Gasteiger partial charge < -0.3 is 34.7 Å². The van der Waals surface area contributed by atoms with Crippen molar-refractivity contribution in [3.05, 3.63) is 59.7 Å². The van der Waals surface area contributed by atoms with Crippen LogP contribution in [0.25, 0.3) is 0 Å². The number of hydrogen-bond acceptors (Lipinski definition) is 9. The number of carbonyl (C=O) groups is 2. The quantitative estimate of drug-likeness (QED) is 0.178. The summed E-state index contributed by atoms with van der Waals surface area (Å²) in [4.78, 5) is 28.7. The second kappa shape index (κ2) is 17.6. The highest BCUT2D eigenvalue weighted by molar-refractivity contribution is 6.37. The number of amides is 1. The van der Waals surface area contributed by atoms with Gasteiger partial charge in [-0.1, -0.05) is 49.6 Å². The van der Waals surface area contributed by atoms with E-state index in [0.717, 1.165) is 36.8 Å². The molecule has 10 heteroatoms. The average Bonchev–Trinajstić information content (AvgIpc) is 3.56. The van der Waals surface area contributed by atoms with Crippen molar-refractivity contribution in [3.63, 3.8) is 0 Å². The summed E-state index contributed by atoms with van der Waals surface area (Å²) >= 11 is 0. The van der Waals surface area contributed by atoms with E-state index in [2.05, 4.69) is 15.5 Å². The van der Waals surface area contributed by atoms with Gasteiger partial charge in [0.05, 0.1) is 39.6 Å². The number of nitrogens with zero attached hydrogens (tertiary/aromatic N) is 1. The van der Waals surface area contributed by atoms with Crippen LogP contribution in [0.3, 0.4) is 0 Å². The lowest BCUT2D eigenvalue weighted by atomic mass is 9.80. The van der Waals surface area contributed by atoms with Gasteiger partial charge >= 0.3 is 0 Å². The Labute approximate surface area is 267 Å². The Morgan fingerprint density at radius 1 is 0.956 bits per heavy atom. The van der Waals surface area contributed by atoms with Crippen molar-refractivity contribution in [1.29, 1.82) is 0 Å². The fourth-order valence-electron chi connectivity index (χ4n) is 6.61. The summed E-state index contributed by atoms with van der Waals surface area (Å²) in [6, 6.07) is 14.7. The Morgan fingerprint density at radius 2 is 1.64 bits per heavy atom. The lowest BCUT2D eigenvalue weighted by Gasteiger charge is -2.37. The van der Waals surface area contributed by atoms with Gasteiger partial charge in [0.2, 0.25) is 5.78 Å². The van der Waals surface area contributed by atoms with Crippen LogP contribution in [0.2, 0.25) is 0 Å². The molecule has 45 heavy (non-hydrogen) atoms. The summed E-state index contributed by atoms with van der Waals surface area (Å²) in [7, 11) is 4.87. The highest BCUT2D eigenvalue weighted by Crippen LogP contribution is 2.31. The molecule has 0 aromatic heterocycles. The minimum atomic E-state index is -0.880. The summed E-state index contributed by atoms with van der Waals surface area (Å²) in [5, 5.41) is 18.0. The number of nitrogens with one attached hydrogen (secondary N) is 2. The molecule has 2 aromatic rings. The zero-order chi connectivity index (χ0) is 32.2. The van der Waals surface area contributed by atoms with Crippen LogP contribution in [0.15, 0.2) is 48.5 Å². The molecule has 3 N–H and O–H groups in total. The number of benzene rings is 2. The van der Waals surface area contributed by atoms with Gasteiger partial charge in [-0.2, -0.15) is 0 Å². The third kappa shape index (κ3) is 9.73. The first kappa shape index (κ1) is 34.8. The highest BCUT2D eigenvalue weighted by atomic mass is 16.5. The van der Waals surface area contributed by atoms with E-state index in [1.165, 1.54) is 6.42 Å². The van der Waals surface area contributed by atoms with E-state index in [9.17, 15) is 14.7 Å². The number of likely N-dealkylation sites (tertiary alicyclic amines) is 1. The van der Waals surface area contributed by atoms with Gasteiger partial charge in [-0.3, -0.25) is 14.5 Å². The Bertz CT molecular complexity index is 1180. The van der Waals surface area contributed by atoms with Crippen molar-refractivity contribution in [2.45, 2.75) is 76.4 Å². The Balaban J connectivity index is 1.37. The maximum atomic E-state index is 13.4. The van der Waals surface area contributed by atoms with E-state index in [-0.39, 0.29) is 18.2 Å². The van der Waals surface area contributed by atoms with Crippen LogP contribution in [-0.2, 0) is 25.6 Å². The van der Waals surface area contributed by atoms with Crippen LogP contribution in [-0.4, -0.2) is 87.5 Å². The first-order valence-corrected chi connectivity index (χ1v) is 16.2. The van der Waals surface area contributed by atoms with Crippen LogP contribution in [0, 0.1) is 11.8 Å². The van der Waals surface area contributed by atoms with E-state index in [1.54, 1.807) is 28.3 Å². The molecule has 2 aliphatic rings. The number of methoxy groups -OCH3 is 3. The average molecular weight is 626 g/mol. The fraction of sp³-hybridized carbons (Fsp3) is 0.600. The monoisotopic (exact) mass is 625 g/mol. The van der Waals surface area contributed by atoms with E-state index in [0.29, 0.717) is 50.8 Å². The molecular weight excluding hydrogens is 574 g/mol. The van der Waals surface area contributed by atoms with Gasteiger partial charge in [0.25, 0.3) is 5.91 Å². The normalized spacial score (nSPS) is 20.2. The zero-order valence-electron chi connectivity index (χ0n) is 27.2. The minimum absolute atomic E-state index is 0.257. The molecule has 1 aliphatic heterocycles. The highest BCUT2D eigenvalue weighted by Gasteiger charge is 2.38. The molecule has 2 fully saturated rings. The number of Topliss-reactive ketones (excluding diaryl/α,β-unsaturated/α-hetero) is 1. The summed E-state index contributed by atoms with van der Waals surface area (Å²) in [5.41, 5.74) is 1.97. The fourth-order valence-corrected chi connectivity index (χ4v) is 6.61. The topological polar surface area (TPSA) is 119 Å². The van der Waals surface area contributed by atoms with Crippen LogP contribution in [0.4, 0.5) is 0 Å². The van der Waals surface area contributed by atoms with Gasteiger partial charge in [-0.25, -0.2) is 0 Å². The predicted molar refractivity (Wildman–Crippen MR) is 172 cm³/mol. The predicted octanol–water partition coefficient (Wildman–Crippen LogP) is 3.86. The van der Waals surface area contributed by atoms with E-state index in [1.807, 2.05) is 48.5 Å². The maximum Gasteiger partial charge on any atom is 0.288 e. The number of aliphatic hydroxyl groups excluding tert-OH is 1. The molecular formula is C35H51N3O7. The summed E-state index contributed by atoms with van der Waals surface area (Å²) in [5.74, 6) is 0.106. The molecule has 5 atom stereocenters. The van der Waals surface area contributed by atoms with Crippen molar-refractivity contribution in [3.8, 4) is 11.5 Å². The van der Waals surface area contributed by atoms with Crippen molar-refractivity contribution in [1.82, 2.24) is 15.5 Å². The lowest BCUT2D eigenvalue weighted by molar-refractivity contribution is -0.141. The van der Waals surface area contributed by atoms with E-state index < -0.39 is 29.8 Å². The second-order valence-corrected chi connectivity index (χ2v) is 12.2. The van der Waals surface area contributed by atoms with E-state index in [4.69, 9.17) is 18.9 Å². The third-order valence-electron chi connectivity index (χ3n) is 9.14. The molecule has 248 valence electrons. The number of rotatable bonds is 17. The molecule has 1 saturated carbocycles. The summed E-state index contributed by atoms with van der Waals surface area (Å²) in [6.45, 7) is 4.22. The largest absolute Gasteiger partial charge is 0.497 e. The van der Waals surface area contributed by atoms with Gasteiger partial charge in [0.15, 0.2) is 0 Å². The van der Waals surface area contributed by atoms with Crippen molar-refractivity contribution in [2.75, 3.05) is 47.6 Å². The Kier molecular flexibility index (Phi) is 13.6. The van der Waals surface area contributed by atoms with Crippen LogP contribution in [0.1, 0.15) is 62.8 Å². The molecule has 0 bridgehead atoms. The molecule has 0 radical (unpaired) electrons. The number of ether oxygens (including phenoxy) is 4. The van der Waals surface area contributed by atoms with E-state index >= 15 is 0 Å². The van der Waals surface area contributed by atoms with Crippen LogP contribution >= 0.6 is 0 Å². The molecule has 1 saturated heterocycles. The first-order valence-electron chi connectivity index (χ1n) is 16.2. The number of carbonyl (C=O) groups excluding carboxylic acids is 2. The smallest absolute Gasteiger partial charge is 0.288 e. The second-order valence-electron chi connectivity index (χ2n) is 12.2. The van der Waals surface area contributed by atoms with Crippen molar-refractivity contribution in [2.24, 2.45) is 11.8 Å². The number of aliphatic hydroxyl groups is 1. The molecule has 0 spiro atoms. The summed E-state index contributed by atoms with van der Waals surface area (Å²) < 4.78 is 22.2. The first-order chi connectivity index (χ1) is 21.8. The molecule has 5 unspecified atom stereocenters. The molecule has 2 aromatic carbocycles. The molecule has 10 nitrogen and oxygen atoms in total. The molecule has 1 heterocycles. The SMILES string of the molecule is COCCOC(c1ccccc1)N1CCC(C(=O)C(=O)NC(C)C(O)C(NCc2cc(OC)cc(OC)c2)C2CCCCC2)C1. The third-order valence-corrected chi connectivity index (χ3v) is 9.14. The van der Waals surface area contributed by atoms with Crippen LogP contribution < -0.4 is 20.1 Å². The maximum absolute atomic E-state index is 13.4. The van der Waals surface area contributed by atoms with Gasteiger partial charge in [0.1, 0.15) is 17.7 Å². The van der Waals surface area contributed by atoms with Crippen molar-refractivity contribution < 1.29 is 33.6 Å². The zero-order valence-corrected chi connectivity index (χ0v) is 27.2. The number of ketones is 1. The molecule has 1 aliphatic carbocycles. The molecule has 4 rings (SSSR count). The standard InChI is InChI=1S/C35H51N3O7/c1-24(32(39)31(26-11-7-5-8-12-26)36-22-25-19-29(43-3)21-30(20-25)44-4)37-34(41)33(40)28-15-16-38(23-28)35(45-18-17-42-2)27-13-9-6-10-14-27/h6,9-10,13-14,19-21,24,26,28,31-32,35-36,39H,5,7-8,11-12,15-18,22-23H2,1-4H3,(H,37,41). The Morgan fingerprint density at radius 3 is 2.29 bits per heavy atom. The van der Waals surface area contributed by atoms with Crippen molar-refractivity contribution >= 4 is 11.7 Å². The minimum Gasteiger partial charge on any atom is -0.497 e. The summed E-state index contributed by atoms with van der Waals surface area (Å²) in [6.07, 6.45) is 4.78. The number of hydrogen-bond donors (Lipinski definition) is 3. The van der Waals surface area contributed by atoms with Gasteiger partial charge in [-0.15, -0.1) is 0 Å². The lowest BCUT2D eigenvalue weighted by Crippen LogP contribution is -2.56. The van der Waals surface area contributed by atoms with Crippen LogP contribution in [0.5, 0.6) is 11.5 Å². The Hall–Kier alpha value is -3.02. The van der Waals surface area contributed by atoms with Gasteiger partial charge in [-0.05, 0) is 55.4 Å². The van der Waals surface area contributed by atoms with Gasteiger partial charge in [0, 0.05) is 44.8 Å². The molecule has 1 amide bonds.